The van der Waals surface area contributed by atoms with Crippen LogP contribution in [0.25, 0.3) is 10.1 Å². The normalized spacial score (nSPS) is 11.6. The van der Waals surface area contributed by atoms with Crippen LogP contribution < -0.4 is 9.62 Å². The molecule has 160 valence electrons. The number of nitrogens with zero attached hydrogens (tertiary/aromatic N) is 1. The lowest BCUT2D eigenvalue weighted by molar-refractivity contribution is 0.0957. The number of hydrogen-bond acceptors (Lipinski definition) is 4. The molecule has 0 atom stereocenters. The van der Waals surface area contributed by atoms with Crippen molar-refractivity contribution < 1.29 is 13.2 Å². The number of sulfonamides is 1. The summed E-state index contributed by atoms with van der Waals surface area (Å²) in [7, 11) is -3.46. The van der Waals surface area contributed by atoms with Gasteiger partial charge in [-0.1, -0.05) is 49.6 Å². The lowest BCUT2D eigenvalue weighted by Gasteiger charge is -2.22. The van der Waals surface area contributed by atoms with Crippen molar-refractivity contribution in [2.75, 3.05) is 17.1 Å². The van der Waals surface area contributed by atoms with Gasteiger partial charge in [-0.05, 0) is 48.6 Å². The molecule has 0 saturated heterocycles. The molecule has 0 aliphatic heterocycles. The fraction of sp³-hybridized carbons (Fsp3) is 0.348. The third-order valence-corrected chi connectivity index (χ3v) is 7.18. The van der Waals surface area contributed by atoms with Crippen LogP contribution in [0.15, 0.2) is 48.5 Å². The van der Waals surface area contributed by atoms with Crippen LogP contribution in [0.1, 0.15) is 47.0 Å². The summed E-state index contributed by atoms with van der Waals surface area (Å²) in [5.74, 6) is -0.0755. The van der Waals surface area contributed by atoms with Crippen molar-refractivity contribution in [2.24, 2.45) is 0 Å². The molecule has 0 fully saturated rings. The quantitative estimate of drug-likeness (QED) is 0.467. The Morgan fingerprint density at radius 2 is 1.80 bits per heavy atom. The van der Waals surface area contributed by atoms with Gasteiger partial charge in [-0.25, -0.2) is 8.42 Å². The molecule has 0 aliphatic carbocycles. The number of carbonyl (C=O) groups excluding carboxylic acids is 1. The summed E-state index contributed by atoms with van der Waals surface area (Å²) < 4.78 is 27.3. The Bertz CT molecular complexity index is 1120. The Labute approximate surface area is 182 Å². The summed E-state index contributed by atoms with van der Waals surface area (Å²) in [6, 6.07) is 15.2. The van der Waals surface area contributed by atoms with Gasteiger partial charge in [0.2, 0.25) is 10.0 Å². The molecule has 0 bridgehead atoms. The van der Waals surface area contributed by atoms with E-state index in [0.717, 1.165) is 40.5 Å². The van der Waals surface area contributed by atoms with Crippen molar-refractivity contribution in [2.45, 2.75) is 39.7 Å². The molecule has 3 rings (SSSR count). The first-order valence-electron chi connectivity index (χ1n) is 10.1. The maximum Gasteiger partial charge on any atom is 0.261 e. The van der Waals surface area contributed by atoms with E-state index >= 15 is 0 Å². The van der Waals surface area contributed by atoms with Crippen molar-refractivity contribution >= 4 is 43.0 Å². The van der Waals surface area contributed by atoms with Gasteiger partial charge in [-0.15, -0.1) is 11.3 Å². The average Bonchev–Trinajstić information content (AvgIpc) is 3.13. The number of anilines is 1. The van der Waals surface area contributed by atoms with Gasteiger partial charge < -0.3 is 5.32 Å². The highest BCUT2D eigenvalue weighted by atomic mass is 32.2. The zero-order chi connectivity index (χ0) is 21.7. The molecule has 1 amide bonds. The predicted octanol–water partition coefficient (Wildman–Crippen LogP) is 5.10. The molecular weight excluding hydrogens is 416 g/mol. The van der Waals surface area contributed by atoms with E-state index in [1.807, 2.05) is 49.4 Å². The summed E-state index contributed by atoms with van der Waals surface area (Å²) in [4.78, 5) is 13.1. The SMILES string of the molecule is CCCCCNC(=O)c1cc2cc(N(Cc3ccc(C)cc3)S(C)(=O)=O)ccc2s1. The van der Waals surface area contributed by atoms with E-state index in [1.165, 1.54) is 21.9 Å². The lowest BCUT2D eigenvalue weighted by atomic mass is 10.1. The number of carbonyl (C=O) groups is 1. The maximum atomic E-state index is 12.5. The molecule has 0 saturated carbocycles. The topological polar surface area (TPSA) is 66.5 Å². The van der Waals surface area contributed by atoms with Gasteiger partial charge >= 0.3 is 0 Å². The smallest absolute Gasteiger partial charge is 0.261 e. The van der Waals surface area contributed by atoms with Crippen LogP contribution in [0.3, 0.4) is 0 Å². The van der Waals surface area contributed by atoms with Gasteiger partial charge in [0.15, 0.2) is 0 Å². The summed E-state index contributed by atoms with van der Waals surface area (Å²) in [6.45, 7) is 5.06. The zero-order valence-electron chi connectivity index (χ0n) is 17.6. The molecule has 5 nitrogen and oxygen atoms in total. The van der Waals surface area contributed by atoms with E-state index in [2.05, 4.69) is 12.2 Å². The summed E-state index contributed by atoms with van der Waals surface area (Å²) in [5, 5.41) is 3.83. The van der Waals surface area contributed by atoms with E-state index in [1.54, 1.807) is 6.07 Å². The number of rotatable bonds is 9. The third kappa shape index (κ3) is 5.61. The van der Waals surface area contributed by atoms with Crippen molar-refractivity contribution in [3.8, 4) is 0 Å². The van der Waals surface area contributed by atoms with Gasteiger partial charge in [0.25, 0.3) is 5.91 Å². The third-order valence-electron chi connectivity index (χ3n) is 4.92. The van der Waals surface area contributed by atoms with E-state index in [-0.39, 0.29) is 12.5 Å². The van der Waals surface area contributed by atoms with Crippen LogP contribution in [-0.2, 0) is 16.6 Å². The molecule has 1 heterocycles. The van der Waals surface area contributed by atoms with Crippen LogP contribution >= 0.6 is 11.3 Å². The Hall–Kier alpha value is -2.38. The van der Waals surface area contributed by atoms with Gasteiger partial charge in [-0.2, -0.15) is 0 Å². The number of aryl methyl sites for hydroxylation is 1. The number of amides is 1. The number of unbranched alkanes of at least 4 members (excludes halogenated alkanes) is 2. The monoisotopic (exact) mass is 444 g/mol. The minimum Gasteiger partial charge on any atom is -0.351 e. The van der Waals surface area contributed by atoms with E-state index in [4.69, 9.17) is 0 Å². The minimum atomic E-state index is -3.46. The molecule has 30 heavy (non-hydrogen) atoms. The maximum absolute atomic E-state index is 12.5. The van der Waals surface area contributed by atoms with E-state index in [9.17, 15) is 13.2 Å². The Kier molecular flexibility index (Phi) is 7.15. The largest absolute Gasteiger partial charge is 0.351 e. The van der Waals surface area contributed by atoms with E-state index < -0.39 is 10.0 Å². The van der Waals surface area contributed by atoms with E-state index in [0.29, 0.717) is 17.1 Å². The molecule has 1 aromatic heterocycles. The predicted molar refractivity (Wildman–Crippen MR) is 126 cm³/mol. The second-order valence-electron chi connectivity index (χ2n) is 7.55. The van der Waals surface area contributed by atoms with Crippen molar-refractivity contribution in [3.63, 3.8) is 0 Å². The Balaban J connectivity index is 1.84. The van der Waals surface area contributed by atoms with Crippen LogP contribution in [-0.4, -0.2) is 27.1 Å². The highest BCUT2D eigenvalue weighted by Crippen LogP contribution is 2.31. The van der Waals surface area contributed by atoms with Crippen LogP contribution in [0, 0.1) is 6.92 Å². The summed E-state index contributed by atoms with van der Waals surface area (Å²) >= 11 is 1.42. The highest BCUT2D eigenvalue weighted by Gasteiger charge is 2.19. The number of hydrogen-bond donors (Lipinski definition) is 1. The second-order valence-corrected chi connectivity index (χ2v) is 10.5. The molecule has 0 aliphatic rings. The summed E-state index contributed by atoms with van der Waals surface area (Å²) in [6.07, 6.45) is 4.40. The number of benzene rings is 2. The van der Waals surface area contributed by atoms with Gasteiger partial charge in [0.05, 0.1) is 23.4 Å². The summed E-state index contributed by atoms with van der Waals surface area (Å²) in [5.41, 5.74) is 2.65. The second kappa shape index (κ2) is 9.62. The molecule has 3 aromatic rings. The lowest BCUT2D eigenvalue weighted by Crippen LogP contribution is -2.29. The minimum absolute atomic E-state index is 0.0755. The standard InChI is InChI=1S/C23H28N2O3S2/c1-4-5-6-13-24-23(26)22-15-19-14-20(11-12-21(19)29-22)25(30(3,27)28)16-18-9-7-17(2)8-10-18/h7-12,14-15H,4-6,13,16H2,1-3H3,(H,24,26). The number of nitrogens with one attached hydrogen (secondary N) is 1. The first kappa shape index (κ1) is 22.3. The number of fused-ring (bicyclic) bond motifs is 1. The molecule has 0 unspecified atom stereocenters. The van der Waals surface area contributed by atoms with Crippen LogP contribution in [0.5, 0.6) is 0 Å². The fourth-order valence-electron chi connectivity index (χ4n) is 3.22. The van der Waals surface area contributed by atoms with Gasteiger partial charge in [0, 0.05) is 11.2 Å². The Morgan fingerprint density at radius 3 is 2.47 bits per heavy atom. The number of thiophene rings is 1. The van der Waals surface area contributed by atoms with Crippen LogP contribution in [0.2, 0.25) is 0 Å². The highest BCUT2D eigenvalue weighted by molar-refractivity contribution is 7.92. The van der Waals surface area contributed by atoms with Crippen LogP contribution in [0.4, 0.5) is 5.69 Å². The molecule has 0 radical (unpaired) electrons. The van der Waals surface area contributed by atoms with Crippen molar-refractivity contribution in [3.05, 3.63) is 64.5 Å². The fourth-order valence-corrected chi connectivity index (χ4v) is 5.06. The molecule has 1 N–H and O–H groups in total. The average molecular weight is 445 g/mol. The zero-order valence-corrected chi connectivity index (χ0v) is 19.3. The Morgan fingerprint density at radius 1 is 1.07 bits per heavy atom. The molecule has 7 heteroatoms. The van der Waals surface area contributed by atoms with Gasteiger partial charge in [-0.3, -0.25) is 9.10 Å². The molecular formula is C23H28N2O3S2. The first-order valence-corrected chi connectivity index (χ1v) is 12.8. The van der Waals surface area contributed by atoms with Crippen molar-refractivity contribution in [1.82, 2.24) is 5.32 Å². The van der Waals surface area contributed by atoms with Crippen molar-refractivity contribution in [1.29, 1.82) is 0 Å². The molecule has 2 aromatic carbocycles. The molecule has 0 spiro atoms. The first-order chi connectivity index (χ1) is 14.3. The van der Waals surface area contributed by atoms with Gasteiger partial charge in [0.1, 0.15) is 0 Å².